The van der Waals surface area contributed by atoms with Crippen molar-refractivity contribution in [3.63, 3.8) is 0 Å². The van der Waals surface area contributed by atoms with E-state index in [4.69, 9.17) is 28.9 Å². The summed E-state index contributed by atoms with van der Waals surface area (Å²) in [6.07, 6.45) is 5.18. The number of rotatable bonds is 3. The van der Waals surface area contributed by atoms with Crippen LogP contribution in [-0.4, -0.2) is 41.4 Å². The van der Waals surface area contributed by atoms with Crippen LogP contribution in [0.5, 0.6) is 0 Å². The van der Waals surface area contributed by atoms with E-state index >= 15 is 0 Å². The molecule has 0 spiro atoms. The van der Waals surface area contributed by atoms with Crippen molar-refractivity contribution in [1.82, 2.24) is 10.2 Å². The smallest absolute Gasteiger partial charge is 0.254 e. The minimum atomic E-state index is -0.419. The number of carbonyl (C=O) groups is 2. The van der Waals surface area contributed by atoms with Gasteiger partial charge < -0.3 is 16.0 Å². The molecule has 136 valence electrons. The molecule has 2 aliphatic rings. The van der Waals surface area contributed by atoms with Crippen molar-refractivity contribution in [2.24, 2.45) is 5.73 Å². The predicted octanol–water partition coefficient (Wildman–Crippen LogP) is 2.98. The molecule has 0 radical (unpaired) electrons. The molecular weight excluding hydrogens is 361 g/mol. The number of carbonyl (C=O) groups excluding carboxylic acids is 2. The molecule has 1 atom stereocenters. The summed E-state index contributed by atoms with van der Waals surface area (Å²) >= 11 is 11.9. The Labute approximate surface area is 157 Å². The van der Waals surface area contributed by atoms with Crippen molar-refractivity contribution in [2.45, 2.75) is 56.7 Å². The zero-order valence-electron chi connectivity index (χ0n) is 14.0. The average molecular weight is 384 g/mol. The van der Waals surface area contributed by atoms with Crippen LogP contribution < -0.4 is 11.1 Å². The third-order valence-electron chi connectivity index (χ3n) is 5.10. The maximum atomic E-state index is 12.8. The molecule has 1 aliphatic heterocycles. The molecule has 2 amide bonds. The Hall–Kier alpha value is -1.30. The lowest BCUT2D eigenvalue weighted by Gasteiger charge is -2.30. The number of benzene rings is 1. The molecule has 1 unspecified atom stereocenters. The molecule has 0 bridgehead atoms. The zero-order valence-corrected chi connectivity index (χ0v) is 15.5. The number of nitrogens with two attached hydrogens (primary N) is 1. The van der Waals surface area contributed by atoms with Crippen LogP contribution in [-0.2, 0) is 4.79 Å². The second-order valence-corrected chi connectivity index (χ2v) is 7.72. The number of nitrogens with one attached hydrogen (secondary N) is 1. The number of hydrogen-bond acceptors (Lipinski definition) is 3. The highest BCUT2D eigenvalue weighted by molar-refractivity contribution is 6.42. The van der Waals surface area contributed by atoms with E-state index in [2.05, 4.69) is 5.32 Å². The van der Waals surface area contributed by atoms with Crippen LogP contribution in [0, 0.1) is 0 Å². The number of likely N-dealkylation sites (tertiary alicyclic amines) is 1. The van der Waals surface area contributed by atoms with E-state index in [1.807, 2.05) is 0 Å². The summed E-state index contributed by atoms with van der Waals surface area (Å²) in [6, 6.07) is 4.79. The van der Waals surface area contributed by atoms with Crippen LogP contribution in [0.2, 0.25) is 10.0 Å². The van der Waals surface area contributed by atoms with E-state index in [-0.39, 0.29) is 23.9 Å². The first-order chi connectivity index (χ1) is 12.0. The quantitative estimate of drug-likeness (QED) is 0.841. The van der Waals surface area contributed by atoms with E-state index in [1.54, 1.807) is 23.1 Å². The van der Waals surface area contributed by atoms with Crippen molar-refractivity contribution < 1.29 is 9.59 Å². The Kier molecular flexibility index (Phi) is 5.87. The fourth-order valence-corrected chi connectivity index (χ4v) is 3.94. The van der Waals surface area contributed by atoms with E-state index in [0.717, 1.165) is 32.1 Å². The summed E-state index contributed by atoms with van der Waals surface area (Å²) in [6.45, 7) is 0.576. The van der Waals surface area contributed by atoms with Gasteiger partial charge in [0, 0.05) is 24.2 Å². The van der Waals surface area contributed by atoms with Crippen LogP contribution in [0.3, 0.4) is 0 Å². The molecule has 1 saturated carbocycles. The molecular formula is C18H23Cl2N3O2. The summed E-state index contributed by atoms with van der Waals surface area (Å²) < 4.78 is 0. The Balaban J connectivity index is 1.66. The lowest BCUT2D eigenvalue weighted by molar-refractivity contribution is -0.125. The van der Waals surface area contributed by atoms with E-state index in [9.17, 15) is 9.59 Å². The largest absolute Gasteiger partial charge is 0.352 e. The summed E-state index contributed by atoms with van der Waals surface area (Å²) in [4.78, 5) is 27.1. The molecule has 1 heterocycles. The molecule has 3 N–H and O–H groups in total. The molecule has 1 aromatic carbocycles. The van der Waals surface area contributed by atoms with Crippen LogP contribution in [0.1, 0.15) is 48.9 Å². The van der Waals surface area contributed by atoms with Crippen molar-refractivity contribution in [2.75, 3.05) is 6.54 Å². The molecule has 2 fully saturated rings. The van der Waals surface area contributed by atoms with Gasteiger partial charge in [-0.05, 0) is 56.7 Å². The number of nitrogens with zero attached hydrogens (tertiary/aromatic N) is 1. The Morgan fingerprint density at radius 3 is 2.48 bits per heavy atom. The average Bonchev–Trinajstić information content (AvgIpc) is 3.08. The van der Waals surface area contributed by atoms with E-state index < -0.39 is 6.04 Å². The first-order valence-corrected chi connectivity index (χ1v) is 9.53. The molecule has 7 heteroatoms. The maximum absolute atomic E-state index is 12.8. The SMILES string of the molecule is NC1CCC(NC(=O)C2CCCN2C(=O)c2ccc(Cl)c(Cl)c2)CC1. The fraction of sp³-hybridized carbons (Fsp3) is 0.556. The van der Waals surface area contributed by atoms with Crippen molar-refractivity contribution in [1.29, 1.82) is 0 Å². The van der Waals surface area contributed by atoms with Crippen LogP contribution in [0.25, 0.3) is 0 Å². The predicted molar refractivity (Wildman–Crippen MR) is 98.9 cm³/mol. The molecule has 1 aromatic rings. The Morgan fingerprint density at radius 1 is 1.08 bits per heavy atom. The molecule has 3 rings (SSSR count). The standard InChI is InChI=1S/C18H23Cl2N3O2/c19-14-8-3-11(10-15(14)20)18(25)23-9-1-2-16(23)17(24)22-13-6-4-12(21)5-7-13/h3,8,10,12-13,16H,1-2,4-7,9,21H2,(H,22,24). The zero-order chi connectivity index (χ0) is 18.0. The van der Waals surface area contributed by atoms with Gasteiger partial charge in [0.15, 0.2) is 0 Å². The van der Waals surface area contributed by atoms with Crippen LogP contribution in [0.4, 0.5) is 0 Å². The third-order valence-corrected chi connectivity index (χ3v) is 5.84. The number of amides is 2. The van der Waals surface area contributed by atoms with Crippen molar-refractivity contribution in [3.05, 3.63) is 33.8 Å². The van der Waals surface area contributed by atoms with Gasteiger partial charge >= 0.3 is 0 Å². The van der Waals surface area contributed by atoms with Gasteiger partial charge in [0.05, 0.1) is 10.0 Å². The van der Waals surface area contributed by atoms with Gasteiger partial charge in [0.25, 0.3) is 5.91 Å². The van der Waals surface area contributed by atoms with Gasteiger partial charge in [0.1, 0.15) is 6.04 Å². The summed E-state index contributed by atoms with van der Waals surface area (Å²) in [7, 11) is 0. The second kappa shape index (κ2) is 7.94. The number of halogens is 2. The number of hydrogen-bond donors (Lipinski definition) is 2. The van der Waals surface area contributed by atoms with Gasteiger partial charge in [-0.15, -0.1) is 0 Å². The highest BCUT2D eigenvalue weighted by Gasteiger charge is 2.35. The molecule has 5 nitrogen and oxygen atoms in total. The first-order valence-electron chi connectivity index (χ1n) is 8.77. The van der Waals surface area contributed by atoms with E-state index in [0.29, 0.717) is 28.6 Å². The monoisotopic (exact) mass is 383 g/mol. The summed E-state index contributed by atoms with van der Waals surface area (Å²) in [5.41, 5.74) is 6.37. The van der Waals surface area contributed by atoms with Crippen molar-refractivity contribution in [3.8, 4) is 0 Å². The normalized spacial score (nSPS) is 26.5. The minimum absolute atomic E-state index is 0.0635. The summed E-state index contributed by atoms with van der Waals surface area (Å²) in [5.74, 6) is -0.242. The van der Waals surface area contributed by atoms with E-state index in [1.165, 1.54) is 0 Å². The lowest BCUT2D eigenvalue weighted by atomic mass is 9.91. The second-order valence-electron chi connectivity index (χ2n) is 6.91. The fourth-order valence-electron chi connectivity index (χ4n) is 3.64. The lowest BCUT2D eigenvalue weighted by Crippen LogP contribution is -2.50. The van der Waals surface area contributed by atoms with Gasteiger partial charge in [-0.3, -0.25) is 9.59 Å². The molecule has 1 saturated heterocycles. The first kappa shape index (κ1) is 18.5. The van der Waals surface area contributed by atoms with Crippen LogP contribution in [0.15, 0.2) is 18.2 Å². The highest BCUT2D eigenvalue weighted by Crippen LogP contribution is 2.26. The maximum Gasteiger partial charge on any atom is 0.254 e. The summed E-state index contributed by atoms with van der Waals surface area (Å²) in [5, 5.41) is 3.85. The molecule has 0 aromatic heterocycles. The van der Waals surface area contributed by atoms with Gasteiger partial charge in [-0.1, -0.05) is 23.2 Å². The van der Waals surface area contributed by atoms with Gasteiger partial charge in [-0.2, -0.15) is 0 Å². The Morgan fingerprint density at radius 2 is 1.80 bits per heavy atom. The highest BCUT2D eigenvalue weighted by atomic mass is 35.5. The topological polar surface area (TPSA) is 75.4 Å². The van der Waals surface area contributed by atoms with Gasteiger partial charge in [0.2, 0.25) is 5.91 Å². The van der Waals surface area contributed by atoms with Crippen molar-refractivity contribution >= 4 is 35.0 Å². The van der Waals surface area contributed by atoms with Crippen LogP contribution >= 0.6 is 23.2 Å². The molecule has 1 aliphatic carbocycles. The molecule has 25 heavy (non-hydrogen) atoms. The third kappa shape index (κ3) is 4.27. The minimum Gasteiger partial charge on any atom is -0.352 e. The Bertz CT molecular complexity index is 660. The van der Waals surface area contributed by atoms with Gasteiger partial charge in [-0.25, -0.2) is 0 Å².